The Morgan fingerprint density at radius 2 is 2.06 bits per heavy atom. The maximum absolute atomic E-state index is 11.8. The molecule has 0 bridgehead atoms. The molecule has 17 heavy (non-hydrogen) atoms. The maximum Gasteiger partial charge on any atom is 0.306 e. The summed E-state index contributed by atoms with van der Waals surface area (Å²) >= 11 is 0. The van der Waals surface area contributed by atoms with Gasteiger partial charge in [-0.25, -0.2) is 9.67 Å². The van der Waals surface area contributed by atoms with E-state index >= 15 is 0 Å². The summed E-state index contributed by atoms with van der Waals surface area (Å²) in [5, 5.41) is 12.7. The average molecular weight is 238 g/mol. The Morgan fingerprint density at radius 3 is 2.59 bits per heavy atom. The number of hydrogen-bond donors (Lipinski definition) is 1. The Balaban J connectivity index is 1.84. The summed E-state index contributed by atoms with van der Waals surface area (Å²) in [7, 11) is 0. The van der Waals surface area contributed by atoms with E-state index in [4.69, 9.17) is 5.11 Å². The molecule has 2 heterocycles. The summed E-state index contributed by atoms with van der Waals surface area (Å²) < 4.78 is 1.46. The van der Waals surface area contributed by atoms with Gasteiger partial charge in [-0.05, 0) is 12.8 Å². The third-order valence-corrected chi connectivity index (χ3v) is 2.96. The van der Waals surface area contributed by atoms with Crippen molar-refractivity contribution in [3.8, 4) is 0 Å². The lowest BCUT2D eigenvalue weighted by molar-refractivity contribution is -0.145. The number of carbonyl (C=O) groups excluding carboxylic acids is 1. The molecule has 1 saturated heterocycles. The molecule has 2 rings (SSSR count). The van der Waals surface area contributed by atoms with Crippen LogP contribution in [-0.2, 0) is 16.1 Å². The van der Waals surface area contributed by atoms with Crippen LogP contribution in [0, 0.1) is 5.92 Å². The molecule has 1 aromatic rings. The minimum Gasteiger partial charge on any atom is -0.481 e. The molecular weight excluding hydrogens is 224 g/mol. The van der Waals surface area contributed by atoms with Gasteiger partial charge in [-0.1, -0.05) is 0 Å². The molecule has 0 atom stereocenters. The summed E-state index contributed by atoms with van der Waals surface area (Å²) in [5.74, 6) is -1.13. The van der Waals surface area contributed by atoms with Crippen LogP contribution in [0.5, 0.6) is 0 Å². The molecule has 1 aromatic heterocycles. The number of carboxylic acids is 1. The van der Waals surface area contributed by atoms with E-state index in [0.29, 0.717) is 25.9 Å². The zero-order valence-electron chi connectivity index (χ0n) is 9.32. The third-order valence-electron chi connectivity index (χ3n) is 2.96. The first kappa shape index (κ1) is 11.6. The summed E-state index contributed by atoms with van der Waals surface area (Å²) in [5.41, 5.74) is 0. The van der Waals surface area contributed by atoms with E-state index < -0.39 is 5.97 Å². The van der Waals surface area contributed by atoms with Gasteiger partial charge in [0.2, 0.25) is 5.91 Å². The molecular formula is C10H14N4O3. The highest BCUT2D eigenvalue weighted by atomic mass is 16.4. The Bertz CT molecular complexity index is 396. The fraction of sp³-hybridized carbons (Fsp3) is 0.600. The number of nitrogens with zero attached hydrogens (tertiary/aromatic N) is 4. The number of carbonyl (C=O) groups is 2. The zero-order chi connectivity index (χ0) is 12.3. The molecule has 92 valence electrons. The van der Waals surface area contributed by atoms with Crippen LogP contribution in [0.3, 0.4) is 0 Å². The molecule has 0 radical (unpaired) electrons. The van der Waals surface area contributed by atoms with Crippen molar-refractivity contribution in [2.45, 2.75) is 19.4 Å². The number of likely N-dealkylation sites (tertiary alicyclic amines) is 1. The summed E-state index contributed by atoms with van der Waals surface area (Å²) in [6.07, 6.45) is 3.92. The highest BCUT2D eigenvalue weighted by molar-refractivity contribution is 5.76. The van der Waals surface area contributed by atoms with E-state index in [0.717, 1.165) is 0 Å². The first-order valence-corrected chi connectivity index (χ1v) is 5.50. The molecule has 0 saturated carbocycles. The molecule has 1 N–H and O–H groups in total. The molecule has 7 nitrogen and oxygen atoms in total. The molecule has 1 fully saturated rings. The molecule has 1 aliphatic rings. The number of hydrogen-bond acceptors (Lipinski definition) is 4. The van der Waals surface area contributed by atoms with Crippen LogP contribution in [0.15, 0.2) is 12.7 Å². The standard InChI is InChI=1S/C10H14N4O3/c15-9(5-14-7-11-6-12-14)13-3-1-8(2-4-13)10(16)17/h6-8H,1-5H2,(H,16,17). The number of aromatic nitrogens is 3. The minimum atomic E-state index is -0.770. The predicted molar refractivity (Wildman–Crippen MR) is 57.0 cm³/mol. The second kappa shape index (κ2) is 4.94. The van der Waals surface area contributed by atoms with E-state index in [9.17, 15) is 9.59 Å². The smallest absolute Gasteiger partial charge is 0.306 e. The van der Waals surface area contributed by atoms with Crippen molar-refractivity contribution in [1.29, 1.82) is 0 Å². The van der Waals surface area contributed by atoms with Gasteiger partial charge in [-0.15, -0.1) is 0 Å². The number of aliphatic carboxylic acids is 1. The van der Waals surface area contributed by atoms with Crippen molar-refractivity contribution in [2.24, 2.45) is 5.92 Å². The summed E-state index contributed by atoms with van der Waals surface area (Å²) in [6, 6.07) is 0. The van der Waals surface area contributed by atoms with Gasteiger partial charge in [0.15, 0.2) is 0 Å². The Labute approximate surface area is 98.0 Å². The molecule has 0 spiro atoms. The van der Waals surface area contributed by atoms with Crippen molar-refractivity contribution >= 4 is 11.9 Å². The van der Waals surface area contributed by atoms with Gasteiger partial charge in [0, 0.05) is 13.1 Å². The van der Waals surface area contributed by atoms with Crippen LogP contribution in [0.2, 0.25) is 0 Å². The largest absolute Gasteiger partial charge is 0.481 e. The monoisotopic (exact) mass is 238 g/mol. The Hall–Kier alpha value is -1.92. The van der Waals surface area contributed by atoms with E-state index in [1.807, 2.05) is 0 Å². The molecule has 0 aromatic carbocycles. The van der Waals surface area contributed by atoms with E-state index in [-0.39, 0.29) is 18.4 Å². The third kappa shape index (κ3) is 2.80. The fourth-order valence-corrected chi connectivity index (χ4v) is 1.93. The van der Waals surface area contributed by atoms with Crippen LogP contribution < -0.4 is 0 Å². The van der Waals surface area contributed by atoms with Gasteiger partial charge < -0.3 is 10.0 Å². The molecule has 1 aliphatic heterocycles. The molecule has 7 heteroatoms. The molecule has 1 amide bonds. The number of rotatable bonds is 3. The first-order valence-electron chi connectivity index (χ1n) is 5.50. The normalized spacial score (nSPS) is 17.1. The van der Waals surface area contributed by atoms with E-state index in [1.54, 1.807) is 4.90 Å². The quantitative estimate of drug-likeness (QED) is 0.774. The SMILES string of the molecule is O=C(O)C1CCN(C(=O)Cn2cncn2)CC1. The van der Waals surface area contributed by atoms with E-state index in [1.165, 1.54) is 17.3 Å². The lowest BCUT2D eigenvalue weighted by Crippen LogP contribution is -2.41. The molecule has 0 unspecified atom stereocenters. The topological polar surface area (TPSA) is 88.3 Å². The van der Waals surface area contributed by atoms with Crippen molar-refractivity contribution < 1.29 is 14.7 Å². The van der Waals surface area contributed by atoms with Crippen LogP contribution >= 0.6 is 0 Å². The Morgan fingerprint density at radius 1 is 1.35 bits per heavy atom. The highest BCUT2D eigenvalue weighted by Gasteiger charge is 2.26. The van der Waals surface area contributed by atoms with Gasteiger partial charge in [0.05, 0.1) is 5.92 Å². The predicted octanol–water partition coefficient (Wildman–Crippen LogP) is -0.399. The highest BCUT2D eigenvalue weighted by Crippen LogP contribution is 2.17. The lowest BCUT2D eigenvalue weighted by atomic mass is 9.97. The second-order valence-electron chi connectivity index (χ2n) is 4.09. The summed E-state index contributed by atoms with van der Waals surface area (Å²) in [4.78, 5) is 28.0. The molecule has 0 aliphatic carbocycles. The van der Waals surface area contributed by atoms with Crippen LogP contribution in [0.25, 0.3) is 0 Å². The van der Waals surface area contributed by atoms with E-state index in [2.05, 4.69) is 10.1 Å². The lowest BCUT2D eigenvalue weighted by Gasteiger charge is -2.30. The zero-order valence-corrected chi connectivity index (χ0v) is 9.32. The second-order valence-corrected chi connectivity index (χ2v) is 4.09. The summed E-state index contributed by atoms with van der Waals surface area (Å²) in [6.45, 7) is 1.17. The number of carboxylic acid groups (broad SMARTS) is 1. The van der Waals surface area contributed by atoms with Gasteiger partial charge >= 0.3 is 5.97 Å². The van der Waals surface area contributed by atoms with Crippen molar-refractivity contribution in [3.05, 3.63) is 12.7 Å². The first-order chi connectivity index (χ1) is 8.16. The van der Waals surface area contributed by atoms with Crippen molar-refractivity contribution in [1.82, 2.24) is 19.7 Å². The van der Waals surface area contributed by atoms with Gasteiger partial charge in [0.1, 0.15) is 19.2 Å². The van der Waals surface area contributed by atoms with Crippen molar-refractivity contribution in [3.63, 3.8) is 0 Å². The minimum absolute atomic E-state index is 0.0423. The van der Waals surface area contributed by atoms with Gasteiger partial charge in [0.25, 0.3) is 0 Å². The Kier molecular flexibility index (Phi) is 3.36. The average Bonchev–Trinajstić information content (AvgIpc) is 2.82. The van der Waals surface area contributed by atoms with Gasteiger partial charge in [-0.2, -0.15) is 5.10 Å². The number of amides is 1. The van der Waals surface area contributed by atoms with Crippen LogP contribution in [0.4, 0.5) is 0 Å². The fourth-order valence-electron chi connectivity index (χ4n) is 1.93. The van der Waals surface area contributed by atoms with Crippen LogP contribution in [0.1, 0.15) is 12.8 Å². The van der Waals surface area contributed by atoms with Gasteiger partial charge in [-0.3, -0.25) is 9.59 Å². The van der Waals surface area contributed by atoms with Crippen LogP contribution in [-0.4, -0.2) is 49.7 Å². The van der Waals surface area contributed by atoms with Crippen molar-refractivity contribution in [2.75, 3.05) is 13.1 Å². The number of piperidine rings is 1. The maximum atomic E-state index is 11.8.